The number of nitrogens with two attached hydrogens (primary N) is 3. The van der Waals surface area contributed by atoms with Gasteiger partial charge in [0.25, 0.3) is 5.78 Å². The van der Waals surface area contributed by atoms with E-state index in [0.29, 0.717) is 5.78 Å². The number of rotatable bonds is 0. The van der Waals surface area contributed by atoms with Gasteiger partial charge in [0.05, 0.1) is 0 Å². The summed E-state index contributed by atoms with van der Waals surface area (Å²) in [5, 5.41) is 14.8. The summed E-state index contributed by atoms with van der Waals surface area (Å²) in [5.41, 5.74) is 16.8. The fourth-order valence-electron chi connectivity index (χ4n) is 1.36. The second kappa shape index (κ2) is 3.06. The average Bonchev–Trinajstić information content (AvgIpc) is 2.72. The van der Waals surface area contributed by atoms with Crippen molar-refractivity contribution in [2.75, 3.05) is 17.2 Å². The minimum atomic E-state index is 0. The van der Waals surface area contributed by atoms with Gasteiger partial charge in [-0.25, -0.2) is 8.80 Å². The molecule has 10 nitrogen and oxygen atoms in total. The number of nitrogen functional groups attached to an aromatic ring is 3. The van der Waals surface area contributed by atoms with Crippen molar-refractivity contribution in [1.29, 1.82) is 0 Å². The zero-order valence-electron chi connectivity index (χ0n) is 7.77. The summed E-state index contributed by atoms with van der Waals surface area (Å²) >= 11 is 0. The van der Waals surface area contributed by atoms with Crippen LogP contribution in [0.1, 0.15) is 0 Å². The summed E-state index contributed by atoms with van der Waals surface area (Å²) < 4.78 is 2.76. The third kappa shape index (κ3) is 1.04. The number of fused-ring (bicyclic) bond motifs is 3. The molecule has 16 heavy (non-hydrogen) atoms. The molecule has 0 amide bonds. The van der Waals surface area contributed by atoms with Crippen LogP contribution >= 0.6 is 12.4 Å². The van der Waals surface area contributed by atoms with Crippen molar-refractivity contribution in [2.45, 2.75) is 0 Å². The first-order valence-corrected chi connectivity index (χ1v) is 3.95. The maximum Gasteiger partial charge on any atom is 0.262 e. The van der Waals surface area contributed by atoms with Gasteiger partial charge in [-0.3, -0.25) is 0 Å². The molecule has 3 rings (SSSR count). The highest BCUT2D eigenvalue weighted by atomic mass is 35.5. The first kappa shape index (κ1) is 10.2. The second-order valence-corrected chi connectivity index (χ2v) is 2.86. The second-order valence-electron chi connectivity index (χ2n) is 2.86. The number of aromatic nitrogens is 7. The molecule has 0 unspecified atom stereocenters. The minimum Gasteiger partial charge on any atom is -0.369 e. The van der Waals surface area contributed by atoms with E-state index in [-0.39, 0.29) is 36.0 Å². The van der Waals surface area contributed by atoms with E-state index in [1.807, 2.05) is 0 Å². The van der Waals surface area contributed by atoms with Crippen molar-refractivity contribution in [1.82, 2.24) is 34.2 Å². The standard InChI is InChI=1S/C5H6N10.ClH/c6-1-9-4-12-10-3(8)15(4)5-13-11-2(7)14(1)5;/h(H2,7,11)(H2,8,10)(H2,6,9,12);1H. The van der Waals surface area contributed by atoms with E-state index in [9.17, 15) is 0 Å². The molecule has 0 saturated carbocycles. The molecule has 0 fully saturated rings. The van der Waals surface area contributed by atoms with Crippen molar-refractivity contribution >= 4 is 41.8 Å². The van der Waals surface area contributed by atoms with Gasteiger partial charge in [-0.05, 0) is 0 Å². The number of nitrogens with zero attached hydrogens (tertiary/aromatic N) is 7. The maximum atomic E-state index is 5.65. The first-order chi connectivity index (χ1) is 7.18. The lowest BCUT2D eigenvalue weighted by Crippen LogP contribution is -2.08. The predicted molar refractivity (Wildman–Crippen MR) is 57.8 cm³/mol. The van der Waals surface area contributed by atoms with E-state index in [0.717, 1.165) is 0 Å². The Balaban J connectivity index is 0.000000963. The van der Waals surface area contributed by atoms with Gasteiger partial charge in [-0.15, -0.1) is 32.8 Å². The highest BCUT2D eigenvalue weighted by Gasteiger charge is 2.14. The largest absolute Gasteiger partial charge is 0.369 e. The Morgan fingerprint density at radius 2 is 1.38 bits per heavy atom. The predicted octanol–water partition coefficient (Wildman–Crippen LogP) is -1.66. The Morgan fingerprint density at radius 1 is 0.750 bits per heavy atom. The summed E-state index contributed by atoms with van der Waals surface area (Å²) in [5.74, 6) is 0.995. The molecule has 11 heteroatoms. The molecule has 0 bridgehead atoms. The van der Waals surface area contributed by atoms with Gasteiger partial charge < -0.3 is 17.2 Å². The van der Waals surface area contributed by atoms with E-state index in [1.54, 1.807) is 0 Å². The van der Waals surface area contributed by atoms with Crippen molar-refractivity contribution < 1.29 is 0 Å². The van der Waals surface area contributed by atoms with Gasteiger partial charge >= 0.3 is 0 Å². The lowest BCUT2D eigenvalue weighted by Gasteiger charge is -2.00. The van der Waals surface area contributed by atoms with Crippen LogP contribution in [0.5, 0.6) is 0 Å². The van der Waals surface area contributed by atoms with E-state index >= 15 is 0 Å². The molecule has 0 aliphatic carbocycles. The summed E-state index contributed by atoms with van der Waals surface area (Å²) in [6.45, 7) is 0. The Hall–Kier alpha value is -2.36. The van der Waals surface area contributed by atoms with Crippen LogP contribution < -0.4 is 17.2 Å². The van der Waals surface area contributed by atoms with Crippen molar-refractivity contribution in [2.24, 2.45) is 0 Å². The van der Waals surface area contributed by atoms with Crippen molar-refractivity contribution in [3.63, 3.8) is 0 Å². The molecule has 84 valence electrons. The molecule has 0 aliphatic rings. The van der Waals surface area contributed by atoms with Crippen LogP contribution in [0.25, 0.3) is 11.6 Å². The van der Waals surface area contributed by atoms with Crippen LogP contribution in [0.15, 0.2) is 0 Å². The molecule has 0 atom stereocenters. The number of halogens is 1. The molecule has 0 aromatic carbocycles. The SMILES string of the molecule is Cl.Nc1nnc2n1c(N)nc1nnc(N)n12. The summed E-state index contributed by atoms with van der Waals surface area (Å²) in [7, 11) is 0. The summed E-state index contributed by atoms with van der Waals surface area (Å²) in [6, 6.07) is 0. The number of hydrogen-bond donors (Lipinski definition) is 3. The number of anilines is 3. The topological polar surface area (TPSA) is 151 Å². The van der Waals surface area contributed by atoms with Gasteiger partial charge in [0.1, 0.15) is 0 Å². The highest BCUT2D eigenvalue weighted by Crippen LogP contribution is 2.13. The van der Waals surface area contributed by atoms with Crippen molar-refractivity contribution in [3.8, 4) is 0 Å². The molecule has 0 aliphatic heterocycles. The first-order valence-electron chi connectivity index (χ1n) is 3.95. The smallest absolute Gasteiger partial charge is 0.262 e. The van der Waals surface area contributed by atoms with Gasteiger partial charge in [-0.2, -0.15) is 4.98 Å². The van der Waals surface area contributed by atoms with Crippen molar-refractivity contribution in [3.05, 3.63) is 0 Å². The third-order valence-corrected chi connectivity index (χ3v) is 1.99. The molecule has 3 aromatic heterocycles. The Bertz CT molecular complexity index is 667. The quantitative estimate of drug-likeness (QED) is 0.423. The molecule has 0 saturated heterocycles. The minimum absolute atomic E-state index is 0. The molecule has 0 radical (unpaired) electrons. The lowest BCUT2D eigenvalue weighted by atomic mass is 10.8. The molecule has 3 heterocycles. The monoisotopic (exact) mass is 242 g/mol. The normalized spacial score (nSPS) is 10.8. The molecule has 0 spiro atoms. The van der Waals surface area contributed by atoms with Gasteiger partial charge in [0.15, 0.2) is 0 Å². The van der Waals surface area contributed by atoms with Crippen LogP contribution in [0, 0.1) is 0 Å². The highest BCUT2D eigenvalue weighted by molar-refractivity contribution is 5.85. The van der Waals surface area contributed by atoms with E-state index in [2.05, 4.69) is 25.4 Å². The third-order valence-electron chi connectivity index (χ3n) is 1.99. The summed E-state index contributed by atoms with van der Waals surface area (Å²) in [6.07, 6.45) is 0. The maximum absolute atomic E-state index is 5.65. The Labute approximate surface area is 93.9 Å². The van der Waals surface area contributed by atoms with Crippen LogP contribution in [-0.2, 0) is 0 Å². The van der Waals surface area contributed by atoms with Gasteiger partial charge in [0.2, 0.25) is 23.6 Å². The number of hydrogen-bond acceptors (Lipinski definition) is 8. The zero-order chi connectivity index (χ0) is 10.6. The molecule has 6 N–H and O–H groups in total. The van der Waals surface area contributed by atoms with E-state index in [4.69, 9.17) is 17.2 Å². The van der Waals surface area contributed by atoms with Crippen LogP contribution in [0.3, 0.4) is 0 Å². The molecular formula is C5H7ClN10. The average molecular weight is 243 g/mol. The molecular weight excluding hydrogens is 236 g/mol. The van der Waals surface area contributed by atoms with E-state index in [1.165, 1.54) is 8.80 Å². The Morgan fingerprint density at radius 3 is 2.12 bits per heavy atom. The van der Waals surface area contributed by atoms with Gasteiger partial charge in [0, 0.05) is 0 Å². The van der Waals surface area contributed by atoms with E-state index < -0.39 is 0 Å². The zero-order valence-corrected chi connectivity index (χ0v) is 8.59. The van der Waals surface area contributed by atoms with Crippen LogP contribution in [-0.4, -0.2) is 34.2 Å². The fraction of sp³-hybridized carbons (Fsp3) is 0. The summed E-state index contributed by atoms with van der Waals surface area (Å²) in [4.78, 5) is 3.95. The van der Waals surface area contributed by atoms with Crippen LogP contribution in [0.2, 0.25) is 0 Å². The fourth-order valence-corrected chi connectivity index (χ4v) is 1.36. The van der Waals surface area contributed by atoms with Crippen LogP contribution in [0.4, 0.5) is 17.8 Å². The lowest BCUT2D eigenvalue weighted by molar-refractivity contribution is 1.01. The van der Waals surface area contributed by atoms with Gasteiger partial charge in [-0.1, -0.05) is 0 Å². The molecule has 3 aromatic rings. The Kier molecular flexibility index (Phi) is 1.95.